The number of halogens is 1. The maximum absolute atomic E-state index is 11.0. The van der Waals surface area contributed by atoms with Gasteiger partial charge in [0.25, 0.3) is 0 Å². The summed E-state index contributed by atoms with van der Waals surface area (Å²) in [5.74, 6) is -0.354. The first-order valence-electron chi connectivity index (χ1n) is 10.0. The summed E-state index contributed by atoms with van der Waals surface area (Å²) in [7, 11) is 0. The van der Waals surface area contributed by atoms with Crippen LogP contribution in [0.2, 0.25) is 5.02 Å². The number of benzene rings is 3. The third-order valence-electron chi connectivity index (χ3n) is 5.01. The Labute approximate surface area is 191 Å². The highest BCUT2D eigenvalue weighted by Gasteiger charge is 2.12. The van der Waals surface area contributed by atoms with Crippen molar-refractivity contribution >= 4 is 40.2 Å². The molecule has 0 spiro atoms. The lowest BCUT2D eigenvalue weighted by Gasteiger charge is -2.14. The van der Waals surface area contributed by atoms with Gasteiger partial charge in [-0.25, -0.2) is 0 Å². The lowest BCUT2D eigenvalue weighted by molar-refractivity contribution is -0.150. The molecule has 0 aliphatic rings. The Bertz CT molecular complexity index is 1190. The lowest BCUT2D eigenvalue weighted by Crippen LogP contribution is -2.21. The van der Waals surface area contributed by atoms with Gasteiger partial charge in [-0.15, -0.1) is 5.48 Å². The number of nitrogens with one attached hydrogen (secondary N) is 1. The van der Waals surface area contributed by atoms with Crippen molar-refractivity contribution in [1.82, 2.24) is 10.0 Å². The number of aromatic nitrogens is 1. The summed E-state index contributed by atoms with van der Waals surface area (Å²) in [5.41, 5.74) is 6.21. The molecule has 31 heavy (non-hydrogen) atoms. The molecule has 0 unspecified atom stereocenters. The van der Waals surface area contributed by atoms with E-state index in [1.165, 1.54) is 28.4 Å². The Morgan fingerprint density at radius 3 is 2.48 bits per heavy atom. The highest BCUT2D eigenvalue weighted by Crippen LogP contribution is 2.34. The first kappa shape index (κ1) is 21.5. The number of hydroxylamine groups is 1. The van der Waals surface area contributed by atoms with Gasteiger partial charge in [-0.2, -0.15) is 0 Å². The van der Waals surface area contributed by atoms with Crippen molar-refractivity contribution < 1.29 is 9.63 Å². The van der Waals surface area contributed by atoms with E-state index in [1.807, 2.05) is 19.1 Å². The number of hydrogen-bond donors (Lipinski definition) is 1. The molecule has 1 atom stereocenters. The average molecular weight is 451 g/mol. The Balaban J connectivity index is 1.58. The normalized spacial score (nSPS) is 12.1. The molecule has 0 saturated heterocycles. The van der Waals surface area contributed by atoms with Crippen LogP contribution < -0.4 is 5.48 Å². The molecular formula is C25H23ClN2O2S. The van der Waals surface area contributed by atoms with Crippen molar-refractivity contribution in [3.63, 3.8) is 0 Å². The van der Waals surface area contributed by atoms with E-state index in [-0.39, 0.29) is 12.0 Å². The van der Waals surface area contributed by atoms with Gasteiger partial charge in [-0.1, -0.05) is 65.8 Å². The second kappa shape index (κ2) is 9.60. The van der Waals surface area contributed by atoms with Gasteiger partial charge in [0.2, 0.25) is 0 Å². The van der Waals surface area contributed by atoms with E-state index in [9.17, 15) is 4.79 Å². The van der Waals surface area contributed by atoms with Gasteiger partial charge in [0.15, 0.2) is 0 Å². The van der Waals surface area contributed by atoms with Crippen molar-refractivity contribution in [3.05, 3.63) is 95.0 Å². The van der Waals surface area contributed by atoms with Gasteiger partial charge in [0.05, 0.1) is 11.1 Å². The van der Waals surface area contributed by atoms with Crippen molar-refractivity contribution in [2.45, 2.75) is 36.4 Å². The average Bonchev–Trinajstić information content (AvgIpc) is 3.11. The second-order valence-corrected chi connectivity index (χ2v) is 8.89. The highest BCUT2D eigenvalue weighted by molar-refractivity contribution is 7.99. The number of nitrogens with zero attached hydrogens (tertiary/aromatic N) is 1. The second-order valence-electron chi connectivity index (χ2n) is 7.36. The molecule has 0 radical (unpaired) electrons. The van der Waals surface area contributed by atoms with Crippen molar-refractivity contribution in [2.24, 2.45) is 0 Å². The van der Waals surface area contributed by atoms with Crippen LogP contribution in [0.5, 0.6) is 0 Å². The van der Waals surface area contributed by atoms with Gasteiger partial charge in [-0.05, 0) is 54.4 Å². The van der Waals surface area contributed by atoms with Gasteiger partial charge >= 0.3 is 5.97 Å². The number of carbonyl (C=O) groups is 1. The number of fused-ring (bicyclic) bond motifs is 1. The summed E-state index contributed by atoms with van der Waals surface area (Å²) in [5, 5.41) is 3.14. The Kier molecular flexibility index (Phi) is 6.66. The van der Waals surface area contributed by atoms with E-state index in [2.05, 4.69) is 76.8 Å². The van der Waals surface area contributed by atoms with Crippen molar-refractivity contribution in [1.29, 1.82) is 0 Å². The quantitative estimate of drug-likeness (QED) is 0.321. The SMILES string of the molecule is CC(=O)ON[C@@H](C)c1ccc(Sc2cc3ccccc3n2Cc2ccc(Cl)cc2)cc1. The van der Waals surface area contributed by atoms with Crippen LogP contribution in [-0.2, 0) is 16.2 Å². The molecule has 6 heteroatoms. The number of hydrogen-bond acceptors (Lipinski definition) is 4. The highest BCUT2D eigenvalue weighted by atomic mass is 35.5. The monoisotopic (exact) mass is 450 g/mol. The first-order valence-corrected chi connectivity index (χ1v) is 11.2. The van der Waals surface area contributed by atoms with E-state index in [1.54, 1.807) is 11.8 Å². The smallest absolute Gasteiger partial charge is 0.321 e. The van der Waals surface area contributed by atoms with Crippen LogP contribution in [0.4, 0.5) is 0 Å². The largest absolute Gasteiger partial charge is 0.370 e. The van der Waals surface area contributed by atoms with Crippen LogP contribution in [0.25, 0.3) is 10.9 Å². The minimum absolute atomic E-state index is 0.0840. The minimum atomic E-state index is -0.354. The summed E-state index contributed by atoms with van der Waals surface area (Å²) < 4.78 is 2.34. The van der Waals surface area contributed by atoms with E-state index < -0.39 is 0 Å². The Morgan fingerprint density at radius 1 is 1.06 bits per heavy atom. The van der Waals surface area contributed by atoms with Gasteiger partial charge in [0.1, 0.15) is 0 Å². The molecule has 0 aliphatic heterocycles. The third kappa shape index (κ3) is 5.31. The van der Waals surface area contributed by atoms with E-state index in [0.717, 1.165) is 22.0 Å². The molecule has 0 aliphatic carbocycles. The fourth-order valence-electron chi connectivity index (χ4n) is 3.39. The molecule has 158 valence electrons. The topological polar surface area (TPSA) is 43.3 Å². The molecule has 4 aromatic rings. The van der Waals surface area contributed by atoms with Crippen LogP contribution in [-0.4, -0.2) is 10.5 Å². The van der Waals surface area contributed by atoms with E-state index in [0.29, 0.717) is 0 Å². The molecule has 1 N–H and O–H groups in total. The number of rotatable bonds is 7. The molecule has 0 amide bonds. The van der Waals surface area contributed by atoms with Crippen molar-refractivity contribution in [3.8, 4) is 0 Å². The van der Waals surface area contributed by atoms with Crippen LogP contribution in [0, 0.1) is 0 Å². The van der Waals surface area contributed by atoms with Crippen LogP contribution in [0.1, 0.15) is 31.0 Å². The van der Waals surface area contributed by atoms with Gasteiger partial charge in [-0.3, -0.25) is 4.79 Å². The predicted octanol–water partition coefficient (Wildman–Crippen LogP) is 6.62. The zero-order valence-corrected chi connectivity index (χ0v) is 18.9. The number of carbonyl (C=O) groups excluding carboxylic acids is 1. The van der Waals surface area contributed by atoms with E-state index in [4.69, 9.17) is 16.4 Å². The Hall–Kier alpha value is -2.73. The van der Waals surface area contributed by atoms with Crippen LogP contribution in [0.3, 0.4) is 0 Å². The standard InChI is InChI=1S/C25H23ClN2O2S/c1-17(27-30-18(2)29)20-9-13-23(14-10-20)31-25-15-21-5-3-4-6-24(21)28(25)16-19-7-11-22(26)12-8-19/h3-15,17,27H,16H2,1-2H3/t17-/m0/s1. The van der Waals surface area contributed by atoms with Crippen LogP contribution >= 0.6 is 23.4 Å². The number of para-hydroxylation sites is 1. The fourth-order valence-corrected chi connectivity index (χ4v) is 4.49. The maximum atomic E-state index is 11.0. The minimum Gasteiger partial charge on any atom is -0.370 e. The fraction of sp³-hybridized carbons (Fsp3) is 0.160. The van der Waals surface area contributed by atoms with E-state index >= 15 is 0 Å². The molecule has 4 rings (SSSR count). The molecule has 0 bridgehead atoms. The maximum Gasteiger partial charge on any atom is 0.321 e. The van der Waals surface area contributed by atoms with Gasteiger partial charge < -0.3 is 9.40 Å². The van der Waals surface area contributed by atoms with Crippen molar-refractivity contribution in [2.75, 3.05) is 0 Å². The molecule has 0 fully saturated rings. The zero-order valence-electron chi connectivity index (χ0n) is 17.3. The molecule has 3 aromatic carbocycles. The van der Waals surface area contributed by atoms with Crippen LogP contribution in [0.15, 0.2) is 88.8 Å². The summed E-state index contributed by atoms with van der Waals surface area (Å²) >= 11 is 7.79. The molecule has 4 nitrogen and oxygen atoms in total. The summed E-state index contributed by atoms with van der Waals surface area (Å²) in [6.45, 7) is 4.10. The summed E-state index contributed by atoms with van der Waals surface area (Å²) in [6.07, 6.45) is 0. The Morgan fingerprint density at radius 2 is 1.77 bits per heavy atom. The molecule has 1 aromatic heterocycles. The molecule has 0 saturated carbocycles. The third-order valence-corrected chi connectivity index (χ3v) is 6.32. The first-order chi connectivity index (χ1) is 15.0. The molecule has 1 heterocycles. The summed E-state index contributed by atoms with van der Waals surface area (Å²) in [4.78, 5) is 17.0. The van der Waals surface area contributed by atoms with Gasteiger partial charge in [0, 0.05) is 34.3 Å². The predicted molar refractivity (Wildman–Crippen MR) is 126 cm³/mol. The molecular weight excluding hydrogens is 428 g/mol. The lowest BCUT2D eigenvalue weighted by atomic mass is 10.1. The summed E-state index contributed by atoms with van der Waals surface area (Å²) in [6, 6.07) is 26.9. The zero-order chi connectivity index (χ0) is 21.8.